The third kappa shape index (κ3) is 2.35. The Morgan fingerprint density at radius 2 is 2.32 bits per heavy atom. The molecule has 1 N–H and O–H groups in total. The van der Waals surface area contributed by atoms with Crippen molar-refractivity contribution in [1.82, 2.24) is 10.1 Å². The number of hydrogen-bond acceptors (Lipinski definition) is 6. The molecule has 0 spiro atoms. The third-order valence-corrected chi connectivity index (χ3v) is 3.84. The summed E-state index contributed by atoms with van der Waals surface area (Å²) in [5.74, 6) is 0.0820. The van der Waals surface area contributed by atoms with E-state index in [1.807, 2.05) is 6.07 Å². The number of carbonyl (C=O) groups excluding carboxylic acids is 1. The van der Waals surface area contributed by atoms with E-state index in [0.29, 0.717) is 24.4 Å². The first-order valence-corrected chi connectivity index (χ1v) is 7.09. The molecular weight excluding hydrogens is 302 g/mol. The van der Waals surface area contributed by atoms with Crippen molar-refractivity contribution in [3.63, 3.8) is 0 Å². The number of carbonyl (C=O) groups is 1. The smallest absolute Gasteiger partial charge is 0.260 e. The minimum absolute atomic E-state index is 0.223. The van der Waals surface area contributed by atoms with Crippen LogP contribution in [0.25, 0.3) is 11.3 Å². The number of aromatic nitrogens is 1. The Kier molecular flexibility index (Phi) is 3.62. The number of likely N-dealkylation sites (N-methyl/N-ethyl adjacent to an activating group) is 1. The Morgan fingerprint density at radius 1 is 1.50 bits per heavy atom. The Morgan fingerprint density at radius 3 is 3.00 bits per heavy atom. The minimum Gasteiger partial charge on any atom is -0.374 e. The molecule has 1 aliphatic heterocycles. The van der Waals surface area contributed by atoms with Crippen LogP contribution in [0.4, 0.5) is 5.69 Å². The molecule has 0 aliphatic carbocycles. The van der Waals surface area contributed by atoms with Gasteiger partial charge < -0.3 is 14.5 Å². The zero-order valence-corrected chi connectivity index (χ0v) is 12.6. The summed E-state index contributed by atoms with van der Waals surface area (Å²) in [7, 11) is 1.65. The van der Waals surface area contributed by atoms with E-state index in [-0.39, 0.29) is 11.6 Å². The molecule has 1 aromatic heterocycles. The Labute approximate surface area is 132 Å². The van der Waals surface area contributed by atoms with Gasteiger partial charge in [-0.25, -0.2) is 0 Å². The van der Waals surface area contributed by atoms with Gasteiger partial charge in [0, 0.05) is 31.6 Å². The zero-order chi connectivity index (χ0) is 15.7. The Balaban J connectivity index is 1.96. The average Bonchev–Trinajstić information content (AvgIpc) is 3.11. The molecular formula is C15H13N3O3S. The maximum Gasteiger partial charge on any atom is 0.260 e. The van der Waals surface area contributed by atoms with Gasteiger partial charge >= 0.3 is 0 Å². The predicted molar refractivity (Wildman–Crippen MR) is 82.8 cm³/mol. The van der Waals surface area contributed by atoms with Crippen molar-refractivity contribution in [3.05, 3.63) is 36.0 Å². The highest BCUT2D eigenvalue weighted by molar-refractivity contribution is 7.78. The number of isothiocyanates is 1. The van der Waals surface area contributed by atoms with Crippen LogP contribution >= 0.6 is 12.2 Å². The summed E-state index contributed by atoms with van der Waals surface area (Å²) in [4.78, 5) is 17.5. The maximum absolute atomic E-state index is 12.1. The van der Waals surface area contributed by atoms with Gasteiger partial charge in [0.15, 0.2) is 11.4 Å². The van der Waals surface area contributed by atoms with Gasteiger partial charge in [0.25, 0.3) is 5.91 Å². The fourth-order valence-corrected chi connectivity index (χ4v) is 2.58. The highest BCUT2D eigenvalue weighted by atomic mass is 32.1. The van der Waals surface area contributed by atoms with Gasteiger partial charge in [0.1, 0.15) is 5.69 Å². The van der Waals surface area contributed by atoms with E-state index in [9.17, 15) is 9.90 Å². The Hall–Kier alpha value is -2.34. The van der Waals surface area contributed by atoms with Crippen LogP contribution in [0.5, 0.6) is 0 Å². The van der Waals surface area contributed by atoms with Gasteiger partial charge in [-0.3, -0.25) is 4.79 Å². The highest BCUT2D eigenvalue weighted by Gasteiger charge is 2.47. The number of likely N-dealkylation sites (tertiary alicyclic amines) is 1. The van der Waals surface area contributed by atoms with Crippen molar-refractivity contribution in [1.29, 1.82) is 0 Å². The van der Waals surface area contributed by atoms with E-state index in [1.54, 1.807) is 31.3 Å². The van der Waals surface area contributed by atoms with E-state index in [2.05, 4.69) is 27.5 Å². The van der Waals surface area contributed by atoms with Crippen LogP contribution in [0, 0.1) is 0 Å². The molecule has 6 nitrogen and oxygen atoms in total. The molecule has 112 valence electrons. The van der Waals surface area contributed by atoms with E-state index < -0.39 is 5.60 Å². The molecule has 1 amide bonds. The summed E-state index contributed by atoms with van der Waals surface area (Å²) in [5.41, 5.74) is -0.0187. The SMILES string of the molecule is CN1CC[C@@](O)(c2cc(-c3cccc(N=C=S)c3)on2)C1=O. The lowest BCUT2D eigenvalue weighted by atomic mass is 9.97. The monoisotopic (exact) mass is 315 g/mol. The minimum atomic E-state index is -1.61. The first kappa shape index (κ1) is 14.6. The van der Waals surface area contributed by atoms with E-state index in [4.69, 9.17) is 4.52 Å². The fraction of sp³-hybridized carbons (Fsp3) is 0.267. The second-order valence-corrected chi connectivity index (χ2v) is 5.35. The maximum atomic E-state index is 12.1. The van der Waals surface area contributed by atoms with Crippen LogP contribution in [0.15, 0.2) is 39.8 Å². The molecule has 0 bridgehead atoms. The highest BCUT2D eigenvalue weighted by Crippen LogP contribution is 2.34. The van der Waals surface area contributed by atoms with Gasteiger partial charge in [-0.05, 0) is 24.4 Å². The van der Waals surface area contributed by atoms with Crippen LogP contribution in [0.1, 0.15) is 12.1 Å². The van der Waals surface area contributed by atoms with E-state index >= 15 is 0 Å². The number of nitrogens with zero attached hydrogens (tertiary/aromatic N) is 3. The van der Waals surface area contributed by atoms with Crippen LogP contribution in [0.2, 0.25) is 0 Å². The molecule has 0 saturated carbocycles. The van der Waals surface area contributed by atoms with Gasteiger partial charge in [-0.1, -0.05) is 17.3 Å². The van der Waals surface area contributed by atoms with Crippen molar-refractivity contribution in [2.24, 2.45) is 4.99 Å². The normalized spacial score (nSPS) is 21.0. The molecule has 1 aliphatic rings. The summed E-state index contributed by atoms with van der Waals surface area (Å²) in [6.45, 7) is 0.483. The quantitative estimate of drug-likeness (QED) is 0.693. The molecule has 1 atom stereocenters. The number of thiocarbonyl (C=S) groups is 1. The summed E-state index contributed by atoms with van der Waals surface area (Å²) >= 11 is 4.58. The lowest BCUT2D eigenvalue weighted by Crippen LogP contribution is -2.36. The molecule has 2 aromatic rings. The molecule has 7 heteroatoms. The molecule has 1 fully saturated rings. The Bertz CT molecular complexity index is 782. The van der Waals surface area contributed by atoms with Crippen LogP contribution in [-0.4, -0.2) is 39.8 Å². The predicted octanol–water partition coefficient (Wildman–Crippen LogP) is 2.13. The molecule has 3 rings (SSSR count). The summed E-state index contributed by atoms with van der Waals surface area (Å²) < 4.78 is 5.28. The summed E-state index contributed by atoms with van der Waals surface area (Å²) in [5, 5.41) is 16.7. The lowest BCUT2D eigenvalue weighted by molar-refractivity contribution is -0.143. The number of aliphatic hydroxyl groups is 1. The summed E-state index contributed by atoms with van der Waals surface area (Å²) in [6, 6.07) is 8.74. The second kappa shape index (κ2) is 5.46. The van der Waals surface area contributed by atoms with Gasteiger partial charge in [-0.2, -0.15) is 4.99 Å². The first-order valence-electron chi connectivity index (χ1n) is 6.68. The van der Waals surface area contributed by atoms with Crippen molar-refractivity contribution < 1.29 is 14.4 Å². The van der Waals surface area contributed by atoms with Crippen molar-refractivity contribution in [2.45, 2.75) is 12.0 Å². The number of hydrogen-bond donors (Lipinski definition) is 1. The second-order valence-electron chi connectivity index (χ2n) is 5.17. The lowest BCUT2D eigenvalue weighted by Gasteiger charge is -2.16. The standard InChI is InChI=1S/C15H13N3O3S/c1-18-6-5-15(20,14(18)19)13-8-12(21-17-13)10-3-2-4-11(7-10)16-9-22/h2-4,7-8,20H,5-6H2,1H3/t15-/m1/s1. The van der Waals surface area contributed by atoms with Gasteiger partial charge in [0.05, 0.1) is 10.8 Å². The molecule has 22 heavy (non-hydrogen) atoms. The fourth-order valence-electron chi connectivity index (χ4n) is 2.48. The average molecular weight is 315 g/mol. The molecule has 2 heterocycles. The van der Waals surface area contributed by atoms with Crippen LogP contribution in [-0.2, 0) is 10.4 Å². The molecule has 0 unspecified atom stereocenters. The summed E-state index contributed by atoms with van der Waals surface area (Å²) in [6.07, 6.45) is 0.295. The van der Waals surface area contributed by atoms with Crippen LogP contribution < -0.4 is 0 Å². The largest absolute Gasteiger partial charge is 0.374 e. The zero-order valence-electron chi connectivity index (χ0n) is 11.8. The van der Waals surface area contributed by atoms with Crippen molar-refractivity contribution in [3.8, 4) is 11.3 Å². The van der Waals surface area contributed by atoms with Gasteiger partial charge in [0.2, 0.25) is 0 Å². The number of amides is 1. The topological polar surface area (TPSA) is 78.9 Å². The number of benzene rings is 1. The third-order valence-electron chi connectivity index (χ3n) is 3.75. The van der Waals surface area contributed by atoms with Crippen LogP contribution in [0.3, 0.4) is 0 Å². The number of aliphatic imine (C=N–C) groups is 1. The van der Waals surface area contributed by atoms with E-state index in [0.717, 1.165) is 5.56 Å². The first-order chi connectivity index (χ1) is 10.5. The van der Waals surface area contributed by atoms with Crippen molar-refractivity contribution in [2.75, 3.05) is 13.6 Å². The van der Waals surface area contributed by atoms with Crippen molar-refractivity contribution >= 4 is 29.0 Å². The molecule has 1 saturated heterocycles. The molecule has 0 radical (unpaired) electrons. The molecule has 1 aromatic carbocycles. The van der Waals surface area contributed by atoms with Gasteiger partial charge in [-0.15, -0.1) is 0 Å². The van der Waals surface area contributed by atoms with E-state index in [1.165, 1.54) is 4.90 Å². The number of rotatable bonds is 3.